The van der Waals surface area contributed by atoms with Gasteiger partial charge in [-0.2, -0.15) is 0 Å². The first-order valence-corrected chi connectivity index (χ1v) is 10.6. The van der Waals surface area contributed by atoms with E-state index >= 15 is 0 Å². The topological polar surface area (TPSA) is 43.9 Å². The number of oxazole rings is 1. The van der Waals surface area contributed by atoms with Crippen molar-refractivity contribution in [1.29, 1.82) is 0 Å². The predicted octanol–water partition coefficient (Wildman–Crippen LogP) is 7.76. The smallest absolute Gasteiger partial charge is 0.247 e. The van der Waals surface area contributed by atoms with E-state index in [1.807, 2.05) is 41.8 Å². The molecule has 0 atom stereocenters. The third-order valence-electron chi connectivity index (χ3n) is 4.81. The largest absolute Gasteiger partial charge is 0.439 e. The molecule has 30 heavy (non-hydrogen) atoms. The first-order valence-electron chi connectivity index (χ1n) is 9.42. The molecule has 0 bridgehead atoms. The van der Waals surface area contributed by atoms with Crippen LogP contribution in [0.5, 0.6) is 0 Å². The van der Waals surface area contributed by atoms with Gasteiger partial charge in [0.15, 0.2) is 0 Å². The quantitative estimate of drug-likeness (QED) is 0.314. The van der Waals surface area contributed by atoms with Gasteiger partial charge >= 0.3 is 0 Å². The lowest BCUT2D eigenvalue weighted by atomic mass is 9.94. The van der Waals surface area contributed by atoms with Crippen molar-refractivity contribution in [3.05, 3.63) is 75.2 Å². The standard InChI is InChI=1S/C23H20Cl3N3O/c1-13-20(22-27-12-19(30-22)23(2,3)4)28-21(17-10-7-15(25)11-18(17)26)29(13)16-8-5-14(24)6-9-16/h5-12H,1-4H3. The summed E-state index contributed by atoms with van der Waals surface area (Å²) < 4.78 is 8.08. The highest BCUT2D eigenvalue weighted by Gasteiger charge is 2.25. The first kappa shape index (κ1) is 21.0. The molecular weight excluding hydrogens is 441 g/mol. The molecule has 7 heteroatoms. The van der Waals surface area contributed by atoms with E-state index in [1.165, 1.54) is 0 Å². The maximum absolute atomic E-state index is 6.52. The predicted molar refractivity (Wildman–Crippen MR) is 123 cm³/mol. The molecule has 4 rings (SSSR count). The average molecular weight is 461 g/mol. The van der Waals surface area contributed by atoms with Crippen LogP contribution in [0.4, 0.5) is 0 Å². The van der Waals surface area contributed by atoms with Gasteiger partial charge in [-0.3, -0.25) is 4.57 Å². The SMILES string of the molecule is Cc1c(-c2ncc(C(C)(C)C)o2)nc(-c2ccc(Cl)cc2Cl)n1-c1ccc(Cl)cc1. The van der Waals surface area contributed by atoms with Gasteiger partial charge in [-0.05, 0) is 49.4 Å². The molecule has 0 fully saturated rings. The van der Waals surface area contributed by atoms with Crippen molar-refractivity contribution in [3.8, 4) is 28.7 Å². The second kappa shape index (κ2) is 7.77. The summed E-state index contributed by atoms with van der Waals surface area (Å²) in [6.45, 7) is 8.21. The van der Waals surface area contributed by atoms with Crippen molar-refractivity contribution in [2.45, 2.75) is 33.1 Å². The first-order chi connectivity index (χ1) is 14.1. The van der Waals surface area contributed by atoms with E-state index in [0.717, 1.165) is 22.7 Å². The summed E-state index contributed by atoms with van der Waals surface area (Å²) in [4.78, 5) is 9.37. The number of aromatic nitrogens is 3. The highest BCUT2D eigenvalue weighted by molar-refractivity contribution is 6.36. The van der Waals surface area contributed by atoms with Crippen LogP contribution in [0.3, 0.4) is 0 Å². The summed E-state index contributed by atoms with van der Waals surface area (Å²) in [6.07, 6.45) is 1.75. The fourth-order valence-electron chi connectivity index (χ4n) is 3.19. The van der Waals surface area contributed by atoms with Crippen LogP contribution in [0.2, 0.25) is 15.1 Å². The van der Waals surface area contributed by atoms with E-state index in [9.17, 15) is 0 Å². The Morgan fingerprint density at radius 2 is 1.60 bits per heavy atom. The van der Waals surface area contributed by atoms with Crippen LogP contribution in [0.15, 0.2) is 53.1 Å². The number of nitrogens with zero attached hydrogens (tertiary/aromatic N) is 3. The second-order valence-electron chi connectivity index (χ2n) is 8.09. The highest BCUT2D eigenvalue weighted by atomic mass is 35.5. The highest BCUT2D eigenvalue weighted by Crippen LogP contribution is 2.36. The molecule has 154 valence electrons. The van der Waals surface area contributed by atoms with Crippen LogP contribution >= 0.6 is 34.8 Å². The Hall–Kier alpha value is -2.27. The van der Waals surface area contributed by atoms with E-state index < -0.39 is 0 Å². The number of imidazole rings is 1. The lowest BCUT2D eigenvalue weighted by Crippen LogP contribution is -2.09. The van der Waals surface area contributed by atoms with Gasteiger partial charge in [0, 0.05) is 26.7 Å². The third-order valence-corrected chi connectivity index (χ3v) is 5.61. The molecule has 0 aliphatic heterocycles. The van der Waals surface area contributed by atoms with Crippen molar-refractivity contribution < 1.29 is 4.42 Å². The third kappa shape index (κ3) is 3.87. The minimum absolute atomic E-state index is 0.153. The summed E-state index contributed by atoms with van der Waals surface area (Å²) in [5, 5.41) is 1.73. The van der Waals surface area contributed by atoms with E-state index in [1.54, 1.807) is 18.3 Å². The Bertz CT molecular complexity index is 1220. The fraction of sp³-hybridized carbons (Fsp3) is 0.217. The molecular formula is C23H20Cl3N3O. The van der Waals surface area contributed by atoms with Crippen molar-refractivity contribution >= 4 is 34.8 Å². The monoisotopic (exact) mass is 459 g/mol. The zero-order chi connectivity index (χ0) is 21.6. The Morgan fingerprint density at radius 1 is 0.933 bits per heavy atom. The van der Waals surface area contributed by atoms with Crippen LogP contribution in [0, 0.1) is 6.92 Å². The zero-order valence-electron chi connectivity index (χ0n) is 17.0. The molecule has 0 unspecified atom stereocenters. The normalized spacial score (nSPS) is 11.8. The Kier molecular flexibility index (Phi) is 5.43. The van der Waals surface area contributed by atoms with Crippen LogP contribution in [-0.2, 0) is 5.41 Å². The lowest BCUT2D eigenvalue weighted by molar-refractivity contribution is 0.415. The van der Waals surface area contributed by atoms with Gasteiger partial charge in [-0.1, -0.05) is 55.6 Å². The van der Waals surface area contributed by atoms with Gasteiger partial charge in [-0.25, -0.2) is 9.97 Å². The van der Waals surface area contributed by atoms with Crippen molar-refractivity contribution in [2.75, 3.05) is 0 Å². The zero-order valence-corrected chi connectivity index (χ0v) is 19.3. The Balaban J connectivity index is 1.95. The molecule has 0 aliphatic rings. The summed E-state index contributed by atoms with van der Waals surface area (Å²) in [6, 6.07) is 12.9. The molecule has 2 heterocycles. The molecule has 0 saturated heterocycles. The molecule has 2 aromatic heterocycles. The maximum Gasteiger partial charge on any atom is 0.247 e. The summed E-state index contributed by atoms with van der Waals surface area (Å²) in [5.74, 6) is 1.93. The van der Waals surface area contributed by atoms with E-state index in [0.29, 0.717) is 32.5 Å². The minimum atomic E-state index is -0.153. The number of hydrogen-bond acceptors (Lipinski definition) is 3. The molecule has 4 nitrogen and oxygen atoms in total. The summed E-state index contributed by atoms with van der Waals surface area (Å²) >= 11 is 18.7. The van der Waals surface area contributed by atoms with Gasteiger partial charge < -0.3 is 4.42 Å². The van der Waals surface area contributed by atoms with Gasteiger partial charge in [0.1, 0.15) is 17.3 Å². The van der Waals surface area contributed by atoms with Crippen LogP contribution in [0.25, 0.3) is 28.7 Å². The van der Waals surface area contributed by atoms with E-state index in [2.05, 4.69) is 25.8 Å². The number of rotatable bonds is 3. The molecule has 0 amide bonds. The van der Waals surface area contributed by atoms with Gasteiger partial charge in [0.05, 0.1) is 16.9 Å². The molecule has 2 aromatic carbocycles. The summed E-state index contributed by atoms with van der Waals surface area (Å²) in [7, 11) is 0. The van der Waals surface area contributed by atoms with Crippen molar-refractivity contribution in [2.24, 2.45) is 0 Å². The van der Waals surface area contributed by atoms with Gasteiger partial charge in [-0.15, -0.1) is 0 Å². The number of benzene rings is 2. The van der Waals surface area contributed by atoms with E-state index in [-0.39, 0.29) is 5.41 Å². The Morgan fingerprint density at radius 3 is 2.20 bits per heavy atom. The molecule has 0 saturated carbocycles. The van der Waals surface area contributed by atoms with Crippen LogP contribution < -0.4 is 0 Å². The number of hydrogen-bond donors (Lipinski definition) is 0. The lowest BCUT2D eigenvalue weighted by Gasteiger charge is -2.13. The van der Waals surface area contributed by atoms with Crippen LogP contribution in [0.1, 0.15) is 32.2 Å². The molecule has 0 radical (unpaired) electrons. The van der Waals surface area contributed by atoms with Crippen molar-refractivity contribution in [3.63, 3.8) is 0 Å². The molecule has 4 aromatic rings. The van der Waals surface area contributed by atoms with Crippen LogP contribution in [-0.4, -0.2) is 14.5 Å². The fourth-order valence-corrected chi connectivity index (χ4v) is 3.81. The van der Waals surface area contributed by atoms with Gasteiger partial charge in [0.25, 0.3) is 0 Å². The minimum Gasteiger partial charge on any atom is -0.439 e. The molecule has 0 N–H and O–H groups in total. The number of halogens is 3. The molecule has 0 aliphatic carbocycles. The summed E-state index contributed by atoms with van der Waals surface area (Å²) in [5.41, 5.74) is 3.04. The van der Waals surface area contributed by atoms with Crippen molar-refractivity contribution in [1.82, 2.24) is 14.5 Å². The Labute approximate surface area is 190 Å². The second-order valence-corrected chi connectivity index (χ2v) is 9.37. The molecule has 0 spiro atoms. The maximum atomic E-state index is 6.52. The van der Waals surface area contributed by atoms with Gasteiger partial charge in [0.2, 0.25) is 5.89 Å². The van der Waals surface area contributed by atoms with E-state index in [4.69, 9.17) is 44.2 Å². The average Bonchev–Trinajstić information content (AvgIpc) is 3.28.